The van der Waals surface area contributed by atoms with E-state index in [4.69, 9.17) is 0 Å². The van der Waals surface area contributed by atoms with Gasteiger partial charge in [0.15, 0.2) is 0 Å². The van der Waals surface area contributed by atoms with E-state index in [0.29, 0.717) is 5.92 Å². The van der Waals surface area contributed by atoms with Gasteiger partial charge in [-0.1, -0.05) is 13.8 Å². The lowest BCUT2D eigenvalue weighted by Crippen LogP contribution is -2.12. The monoisotopic (exact) mass is 244 g/mol. The summed E-state index contributed by atoms with van der Waals surface area (Å²) in [4.78, 5) is 8.83. The number of aryl methyl sites for hydroxylation is 2. The molecular formula is C14H20N4. The van der Waals surface area contributed by atoms with Gasteiger partial charge >= 0.3 is 0 Å². The van der Waals surface area contributed by atoms with Crippen LogP contribution in [0.2, 0.25) is 0 Å². The third-order valence-corrected chi connectivity index (χ3v) is 2.67. The van der Waals surface area contributed by atoms with Crippen molar-refractivity contribution >= 4 is 5.95 Å². The van der Waals surface area contributed by atoms with E-state index in [0.717, 1.165) is 29.6 Å². The molecular weight excluding hydrogens is 224 g/mol. The Hall–Kier alpha value is -1.84. The highest BCUT2D eigenvalue weighted by Gasteiger charge is 2.07. The van der Waals surface area contributed by atoms with Gasteiger partial charge < -0.3 is 5.32 Å². The predicted molar refractivity (Wildman–Crippen MR) is 74.2 cm³/mol. The molecule has 2 aromatic rings. The molecule has 0 amide bonds. The maximum atomic E-state index is 4.51. The maximum absolute atomic E-state index is 4.51. The number of anilines is 1. The summed E-state index contributed by atoms with van der Waals surface area (Å²) in [5.74, 6) is 1.47. The Bertz CT molecular complexity index is 511. The molecule has 4 heteroatoms. The number of pyridine rings is 1. The zero-order chi connectivity index (χ0) is 13.1. The van der Waals surface area contributed by atoms with Crippen LogP contribution in [0.4, 0.5) is 5.95 Å². The summed E-state index contributed by atoms with van der Waals surface area (Å²) >= 11 is 0. The molecule has 1 N–H and O–H groups in total. The lowest BCUT2D eigenvalue weighted by Gasteiger charge is -2.11. The minimum atomic E-state index is 0.589. The van der Waals surface area contributed by atoms with Crippen LogP contribution in [0.1, 0.15) is 25.2 Å². The number of hydrogen-bond acceptors (Lipinski definition) is 3. The van der Waals surface area contributed by atoms with Crippen LogP contribution >= 0.6 is 0 Å². The van der Waals surface area contributed by atoms with Gasteiger partial charge in [0.05, 0.1) is 17.6 Å². The summed E-state index contributed by atoms with van der Waals surface area (Å²) in [6.07, 6.45) is 3.89. The lowest BCUT2D eigenvalue weighted by atomic mass is 10.2. The fraction of sp³-hybridized carbons (Fsp3) is 0.429. The molecule has 0 unspecified atom stereocenters. The van der Waals surface area contributed by atoms with E-state index in [9.17, 15) is 0 Å². The number of rotatable bonds is 4. The zero-order valence-corrected chi connectivity index (χ0v) is 11.4. The second kappa shape index (κ2) is 5.21. The highest BCUT2D eigenvalue weighted by atomic mass is 15.2. The standard InChI is InChI=1S/C14H20N4/c1-10(2)7-16-14-17-12(4)9-18(14)13-6-5-11(3)15-8-13/h5-6,8-10H,7H2,1-4H3,(H,16,17). The van der Waals surface area contributed by atoms with E-state index in [-0.39, 0.29) is 0 Å². The molecule has 96 valence electrons. The molecule has 0 spiro atoms. The van der Waals surface area contributed by atoms with Crippen molar-refractivity contribution in [2.75, 3.05) is 11.9 Å². The normalized spacial score (nSPS) is 10.9. The molecule has 0 bridgehead atoms. The highest BCUT2D eigenvalue weighted by Crippen LogP contribution is 2.16. The predicted octanol–water partition coefficient (Wildman–Crippen LogP) is 2.95. The largest absolute Gasteiger partial charge is 0.355 e. The molecule has 0 fully saturated rings. The molecule has 0 saturated heterocycles. The van der Waals surface area contributed by atoms with Crippen molar-refractivity contribution in [3.05, 3.63) is 35.9 Å². The first-order valence-corrected chi connectivity index (χ1v) is 6.29. The molecule has 18 heavy (non-hydrogen) atoms. The molecule has 0 aliphatic carbocycles. The first-order valence-electron chi connectivity index (χ1n) is 6.29. The molecule has 2 heterocycles. The van der Waals surface area contributed by atoms with E-state index < -0.39 is 0 Å². The van der Waals surface area contributed by atoms with Crippen LogP contribution in [0.3, 0.4) is 0 Å². The van der Waals surface area contributed by atoms with Crippen molar-refractivity contribution < 1.29 is 0 Å². The minimum Gasteiger partial charge on any atom is -0.355 e. The van der Waals surface area contributed by atoms with Crippen molar-refractivity contribution in [3.63, 3.8) is 0 Å². The van der Waals surface area contributed by atoms with E-state index >= 15 is 0 Å². The second-order valence-electron chi connectivity index (χ2n) is 5.01. The lowest BCUT2D eigenvalue weighted by molar-refractivity contribution is 0.683. The summed E-state index contributed by atoms with van der Waals surface area (Å²) in [6.45, 7) is 9.26. The SMILES string of the molecule is Cc1ccc(-n2cc(C)nc2NCC(C)C)cn1. The first-order chi connectivity index (χ1) is 8.56. The van der Waals surface area contributed by atoms with Gasteiger partial charge in [-0.15, -0.1) is 0 Å². The Balaban J connectivity index is 2.29. The number of aromatic nitrogens is 3. The zero-order valence-electron chi connectivity index (χ0n) is 11.4. The minimum absolute atomic E-state index is 0.589. The van der Waals surface area contributed by atoms with Gasteiger partial charge in [0.1, 0.15) is 0 Å². The van der Waals surface area contributed by atoms with Crippen LogP contribution in [-0.2, 0) is 0 Å². The summed E-state index contributed by atoms with van der Waals surface area (Å²) in [5.41, 5.74) is 3.06. The summed E-state index contributed by atoms with van der Waals surface area (Å²) < 4.78 is 2.05. The third-order valence-electron chi connectivity index (χ3n) is 2.67. The molecule has 0 saturated carbocycles. The van der Waals surface area contributed by atoms with Crippen molar-refractivity contribution in [3.8, 4) is 5.69 Å². The van der Waals surface area contributed by atoms with Crippen molar-refractivity contribution in [2.45, 2.75) is 27.7 Å². The molecule has 0 atom stereocenters. The number of nitrogens with one attached hydrogen (secondary N) is 1. The van der Waals surface area contributed by atoms with E-state index in [1.165, 1.54) is 0 Å². The third kappa shape index (κ3) is 2.88. The van der Waals surface area contributed by atoms with E-state index in [1.54, 1.807) is 0 Å². The Labute approximate surface area is 108 Å². The number of hydrogen-bond donors (Lipinski definition) is 1. The van der Waals surface area contributed by atoms with Gasteiger partial charge in [0, 0.05) is 18.4 Å². The summed E-state index contributed by atoms with van der Waals surface area (Å²) in [7, 11) is 0. The van der Waals surface area contributed by atoms with Crippen LogP contribution in [0.5, 0.6) is 0 Å². The van der Waals surface area contributed by atoms with Crippen LogP contribution in [0, 0.1) is 19.8 Å². The highest BCUT2D eigenvalue weighted by molar-refractivity contribution is 5.42. The maximum Gasteiger partial charge on any atom is 0.207 e. The quantitative estimate of drug-likeness (QED) is 0.899. The molecule has 0 aliphatic rings. The molecule has 2 rings (SSSR count). The van der Waals surface area contributed by atoms with E-state index in [2.05, 4.69) is 35.2 Å². The Kier molecular flexibility index (Phi) is 3.65. The topological polar surface area (TPSA) is 42.7 Å². The Morgan fingerprint density at radius 2 is 2.00 bits per heavy atom. The van der Waals surface area contributed by atoms with Gasteiger partial charge in [-0.05, 0) is 31.9 Å². The van der Waals surface area contributed by atoms with Crippen molar-refractivity contribution in [1.29, 1.82) is 0 Å². The van der Waals surface area contributed by atoms with Gasteiger partial charge in [-0.3, -0.25) is 9.55 Å². The van der Waals surface area contributed by atoms with Crippen LogP contribution in [-0.4, -0.2) is 21.1 Å². The molecule has 2 aromatic heterocycles. The first kappa shape index (κ1) is 12.6. The van der Waals surface area contributed by atoms with E-state index in [1.807, 2.05) is 36.9 Å². The fourth-order valence-electron chi connectivity index (χ4n) is 1.72. The van der Waals surface area contributed by atoms with Crippen molar-refractivity contribution in [2.24, 2.45) is 5.92 Å². The van der Waals surface area contributed by atoms with Gasteiger partial charge in [-0.25, -0.2) is 4.98 Å². The average Bonchev–Trinajstić information content (AvgIpc) is 2.69. The smallest absolute Gasteiger partial charge is 0.207 e. The van der Waals surface area contributed by atoms with Gasteiger partial charge in [0.25, 0.3) is 0 Å². The van der Waals surface area contributed by atoms with Crippen LogP contribution in [0.15, 0.2) is 24.5 Å². The molecule has 0 aromatic carbocycles. The van der Waals surface area contributed by atoms with Crippen LogP contribution in [0.25, 0.3) is 5.69 Å². The van der Waals surface area contributed by atoms with Gasteiger partial charge in [0.2, 0.25) is 5.95 Å². The number of imidazole rings is 1. The number of nitrogens with zero attached hydrogens (tertiary/aromatic N) is 3. The average molecular weight is 244 g/mol. The fourth-order valence-corrected chi connectivity index (χ4v) is 1.72. The van der Waals surface area contributed by atoms with Crippen LogP contribution < -0.4 is 5.32 Å². The molecule has 0 radical (unpaired) electrons. The summed E-state index contributed by atoms with van der Waals surface area (Å²) in [5, 5.41) is 3.37. The Morgan fingerprint density at radius 1 is 1.22 bits per heavy atom. The second-order valence-corrected chi connectivity index (χ2v) is 5.01. The van der Waals surface area contributed by atoms with Gasteiger partial charge in [-0.2, -0.15) is 0 Å². The summed E-state index contributed by atoms with van der Waals surface area (Å²) in [6, 6.07) is 4.07. The Morgan fingerprint density at radius 3 is 2.61 bits per heavy atom. The van der Waals surface area contributed by atoms with Crippen molar-refractivity contribution in [1.82, 2.24) is 14.5 Å². The molecule has 4 nitrogen and oxygen atoms in total. The molecule has 0 aliphatic heterocycles.